The summed E-state index contributed by atoms with van der Waals surface area (Å²) in [5, 5.41) is 16.8. The second-order valence-electron chi connectivity index (χ2n) is 8.50. The topological polar surface area (TPSA) is 48.2 Å². The highest BCUT2D eigenvalue weighted by atomic mass is 32.2. The van der Waals surface area contributed by atoms with Crippen LogP contribution in [0.4, 0.5) is 0 Å². The Labute approximate surface area is 194 Å². The van der Waals surface area contributed by atoms with Gasteiger partial charge in [-0.05, 0) is 25.1 Å². The zero-order chi connectivity index (χ0) is 21.8. The first-order chi connectivity index (χ1) is 15.8. The van der Waals surface area contributed by atoms with E-state index < -0.39 is 0 Å². The van der Waals surface area contributed by atoms with E-state index in [9.17, 15) is 0 Å². The van der Waals surface area contributed by atoms with E-state index >= 15 is 0 Å². The monoisotopic (exact) mass is 448 g/mol. The van der Waals surface area contributed by atoms with E-state index in [1.165, 1.54) is 37.1 Å². The Balaban J connectivity index is 1.50. The van der Waals surface area contributed by atoms with Crippen molar-refractivity contribution in [3.63, 3.8) is 0 Å². The van der Waals surface area contributed by atoms with Crippen molar-refractivity contribution in [3.8, 4) is 0 Å². The van der Waals surface area contributed by atoms with Gasteiger partial charge in [-0.15, -0.1) is 10.2 Å². The standard InChI is InChI=1S/C25H32N6S/c1-2-12-29-13-15-30(16-14-29)17-18-31-22-9-5-3-7-20(22)24(21-8-4-6-10-23(21)31)27-28-25-26-11-19-32-25/h3-10H,2,11-19H2,1H3,(H,26,28). The molecule has 0 amide bonds. The molecule has 3 heterocycles. The number of benzene rings is 2. The van der Waals surface area contributed by atoms with Crippen molar-refractivity contribution < 1.29 is 0 Å². The van der Waals surface area contributed by atoms with Gasteiger partial charge in [-0.2, -0.15) is 0 Å². The molecule has 2 aliphatic rings. The normalized spacial score (nSPS) is 19.1. The maximum absolute atomic E-state index is 4.74. The second-order valence-corrected chi connectivity index (χ2v) is 9.58. The van der Waals surface area contributed by atoms with E-state index in [0.717, 1.165) is 59.8 Å². The summed E-state index contributed by atoms with van der Waals surface area (Å²) >= 11 is 1.73. The molecule has 0 atom stereocenters. The van der Waals surface area contributed by atoms with Crippen molar-refractivity contribution in [2.24, 2.45) is 10.2 Å². The van der Waals surface area contributed by atoms with E-state index in [1.807, 2.05) is 0 Å². The Hall–Kier alpha value is -2.35. The Kier molecular flexibility index (Phi) is 6.76. The van der Waals surface area contributed by atoms with Crippen molar-refractivity contribution in [1.82, 2.24) is 19.7 Å². The van der Waals surface area contributed by atoms with E-state index in [4.69, 9.17) is 5.10 Å². The number of aromatic nitrogens is 1. The molecule has 7 heteroatoms. The largest absolute Gasteiger partial charge is 0.362 e. The maximum Gasteiger partial charge on any atom is 0.183 e. The Morgan fingerprint density at radius 3 is 2.03 bits per heavy atom. The minimum absolute atomic E-state index is 0.914. The Bertz CT molecular complexity index is 1110. The van der Waals surface area contributed by atoms with Crippen molar-refractivity contribution >= 4 is 38.7 Å². The fraction of sp³-hybridized carbons (Fsp3) is 0.440. The minimum Gasteiger partial charge on any atom is -0.362 e. The molecule has 2 aromatic carbocycles. The van der Waals surface area contributed by atoms with Gasteiger partial charge in [0.2, 0.25) is 0 Å². The lowest BCUT2D eigenvalue weighted by Gasteiger charge is -2.34. The molecular weight excluding hydrogens is 416 g/mol. The van der Waals surface area contributed by atoms with Crippen LogP contribution in [0.2, 0.25) is 0 Å². The van der Waals surface area contributed by atoms with Gasteiger partial charge in [0.15, 0.2) is 5.17 Å². The van der Waals surface area contributed by atoms with E-state index in [1.54, 1.807) is 11.8 Å². The molecule has 0 bridgehead atoms. The van der Waals surface area contributed by atoms with Gasteiger partial charge >= 0.3 is 0 Å². The molecule has 0 saturated carbocycles. The van der Waals surface area contributed by atoms with Crippen LogP contribution in [0.1, 0.15) is 13.3 Å². The van der Waals surface area contributed by atoms with Gasteiger partial charge in [-0.1, -0.05) is 55.1 Å². The molecule has 1 N–H and O–H groups in total. The molecule has 0 unspecified atom stereocenters. The third kappa shape index (κ3) is 4.56. The first-order valence-corrected chi connectivity index (χ1v) is 12.8. The molecule has 168 valence electrons. The molecule has 2 fully saturated rings. The van der Waals surface area contributed by atoms with E-state index in [0.29, 0.717) is 0 Å². The van der Waals surface area contributed by atoms with E-state index in [-0.39, 0.29) is 0 Å². The number of rotatable bonds is 6. The predicted octanol–water partition coefficient (Wildman–Crippen LogP) is 3.33. The average Bonchev–Trinajstić information content (AvgIpc) is 3.36. The highest BCUT2D eigenvalue weighted by Gasteiger charge is 2.17. The molecule has 2 aliphatic heterocycles. The van der Waals surface area contributed by atoms with Gasteiger partial charge in [0.25, 0.3) is 0 Å². The Morgan fingerprint density at radius 2 is 1.44 bits per heavy atom. The summed E-state index contributed by atoms with van der Waals surface area (Å²) in [4.78, 5) is 5.19. The van der Waals surface area contributed by atoms with Crippen LogP contribution in [0.5, 0.6) is 0 Å². The summed E-state index contributed by atoms with van der Waals surface area (Å²) in [5.74, 6) is 1.05. The number of hydrogen-bond donors (Lipinski definition) is 1. The fourth-order valence-electron chi connectivity index (χ4n) is 4.75. The number of nitrogens with zero attached hydrogens (tertiary/aromatic N) is 5. The molecule has 6 nitrogen and oxygen atoms in total. The van der Waals surface area contributed by atoms with Crippen LogP contribution in [0.3, 0.4) is 0 Å². The summed E-state index contributed by atoms with van der Waals surface area (Å²) < 4.78 is 2.47. The zero-order valence-corrected chi connectivity index (χ0v) is 19.7. The number of fused-ring (bicyclic) bond motifs is 2. The van der Waals surface area contributed by atoms with Crippen molar-refractivity contribution in [2.45, 2.75) is 19.9 Å². The van der Waals surface area contributed by atoms with Crippen molar-refractivity contribution in [3.05, 3.63) is 53.9 Å². The molecule has 2 saturated heterocycles. The van der Waals surface area contributed by atoms with Gasteiger partial charge in [0.1, 0.15) is 5.36 Å². The van der Waals surface area contributed by atoms with Gasteiger partial charge in [0.05, 0.1) is 11.0 Å². The van der Waals surface area contributed by atoms with Gasteiger partial charge in [0, 0.05) is 62.3 Å². The van der Waals surface area contributed by atoms with Gasteiger partial charge in [-0.3, -0.25) is 4.90 Å². The average molecular weight is 449 g/mol. The van der Waals surface area contributed by atoms with Crippen molar-refractivity contribution in [1.29, 1.82) is 0 Å². The highest BCUT2D eigenvalue weighted by molar-refractivity contribution is 8.14. The number of pyridine rings is 1. The van der Waals surface area contributed by atoms with Crippen LogP contribution in [0.25, 0.3) is 21.8 Å². The van der Waals surface area contributed by atoms with Crippen LogP contribution in [0, 0.1) is 0 Å². The molecule has 32 heavy (non-hydrogen) atoms. The molecule has 0 spiro atoms. The number of nitrogens with one attached hydrogen (secondary N) is 1. The van der Waals surface area contributed by atoms with Crippen LogP contribution in [-0.2, 0) is 6.54 Å². The second kappa shape index (κ2) is 10.1. The quantitative estimate of drug-likeness (QED) is 0.464. The fourth-order valence-corrected chi connectivity index (χ4v) is 5.45. The Morgan fingerprint density at radius 1 is 0.812 bits per heavy atom. The minimum atomic E-state index is 0.914. The zero-order valence-electron chi connectivity index (χ0n) is 18.8. The first kappa shape index (κ1) is 21.5. The van der Waals surface area contributed by atoms with Crippen molar-refractivity contribution in [2.75, 3.05) is 51.6 Å². The SMILES string of the molecule is CCCN1CCN(CCn2c3ccccc3c(=NN=C3NCCS3)c3ccccc32)CC1. The molecular formula is C25H32N6S. The number of para-hydroxylation sites is 2. The van der Waals surface area contributed by atoms with Crippen LogP contribution in [0.15, 0.2) is 58.7 Å². The number of hydrogen-bond acceptors (Lipinski definition) is 5. The molecule has 0 radical (unpaired) electrons. The van der Waals surface area contributed by atoms with E-state index in [2.05, 4.69) is 80.2 Å². The van der Waals surface area contributed by atoms with Crippen LogP contribution < -0.4 is 10.7 Å². The highest BCUT2D eigenvalue weighted by Crippen LogP contribution is 2.20. The lowest BCUT2D eigenvalue weighted by atomic mass is 10.1. The summed E-state index contributed by atoms with van der Waals surface area (Å²) in [5.41, 5.74) is 2.45. The molecule has 0 aliphatic carbocycles. The summed E-state index contributed by atoms with van der Waals surface area (Å²) in [7, 11) is 0. The molecule has 3 aromatic rings. The van der Waals surface area contributed by atoms with Crippen LogP contribution >= 0.6 is 11.8 Å². The predicted molar refractivity (Wildman–Crippen MR) is 136 cm³/mol. The molecule has 5 rings (SSSR count). The third-order valence-electron chi connectivity index (χ3n) is 6.40. The molecule has 1 aromatic heterocycles. The first-order valence-electron chi connectivity index (χ1n) is 11.8. The number of thioether (sulfide) groups is 1. The summed E-state index contributed by atoms with van der Waals surface area (Å²) in [6.45, 7) is 11.2. The van der Waals surface area contributed by atoms with Gasteiger partial charge in [-0.25, -0.2) is 0 Å². The maximum atomic E-state index is 4.74. The smallest absolute Gasteiger partial charge is 0.183 e. The number of piperazine rings is 1. The summed E-state index contributed by atoms with van der Waals surface area (Å²) in [6, 6.07) is 17.2. The lowest BCUT2D eigenvalue weighted by molar-refractivity contribution is 0.130. The summed E-state index contributed by atoms with van der Waals surface area (Å²) in [6.07, 6.45) is 1.24. The lowest BCUT2D eigenvalue weighted by Crippen LogP contribution is -2.47. The number of amidine groups is 1. The third-order valence-corrected chi connectivity index (χ3v) is 7.31. The van der Waals surface area contributed by atoms with Crippen LogP contribution in [-0.4, -0.2) is 71.1 Å². The van der Waals surface area contributed by atoms with Gasteiger partial charge < -0.3 is 14.8 Å².